The van der Waals surface area contributed by atoms with Crippen LogP contribution in [0.5, 0.6) is 5.75 Å². The molecule has 20 heavy (non-hydrogen) atoms. The summed E-state index contributed by atoms with van der Waals surface area (Å²) in [5.74, 6) is -1.53. The lowest BCUT2D eigenvalue weighted by atomic mass is 10.1. The molecule has 1 aromatic heterocycles. The third-order valence-corrected chi connectivity index (χ3v) is 3.11. The van der Waals surface area contributed by atoms with Crippen molar-refractivity contribution in [2.45, 2.75) is 20.3 Å². The Labute approximate surface area is 114 Å². The number of rotatable bonds is 3. The van der Waals surface area contributed by atoms with Gasteiger partial charge in [-0.1, -0.05) is 12.1 Å². The molecular formula is C14H14N2O4. The summed E-state index contributed by atoms with van der Waals surface area (Å²) in [6.45, 7) is 3.75. The largest absolute Gasteiger partial charge is 0.506 e. The first-order valence-electron chi connectivity index (χ1n) is 6.00. The average molecular weight is 274 g/mol. The second-order valence-corrected chi connectivity index (χ2v) is 4.52. The van der Waals surface area contributed by atoms with E-state index in [1.54, 1.807) is 12.1 Å². The highest BCUT2D eigenvalue weighted by Crippen LogP contribution is 2.17. The number of aromatic nitrogens is 2. The number of aryl methyl sites for hydroxylation is 1. The number of carboxylic acids is 1. The summed E-state index contributed by atoms with van der Waals surface area (Å²) in [6, 6.07) is 6.39. The number of carbonyl (C=O) groups is 1. The van der Waals surface area contributed by atoms with Crippen LogP contribution >= 0.6 is 0 Å². The Balaban J connectivity index is 2.65. The van der Waals surface area contributed by atoms with E-state index in [-0.39, 0.29) is 5.69 Å². The van der Waals surface area contributed by atoms with Gasteiger partial charge in [0.15, 0.2) is 0 Å². The number of nitrogens with zero attached hydrogens (tertiary/aromatic N) is 2. The number of carboxylic acid groups (broad SMARTS) is 1. The minimum atomic E-state index is -1.13. The van der Waals surface area contributed by atoms with Gasteiger partial charge in [0.1, 0.15) is 11.4 Å². The van der Waals surface area contributed by atoms with E-state index < -0.39 is 23.7 Å². The summed E-state index contributed by atoms with van der Waals surface area (Å²) in [4.78, 5) is 22.7. The van der Waals surface area contributed by atoms with Crippen LogP contribution in [0.1, 0.15) is 16.8 Å². The number of hydrogen-bond acceptors (Lipinski definition) is 4. The highest BCUT2D eigenvalue weighted by atomic mass is 16.4. The third-order valence-electron chi connectivity index (χ3n) is 3.11. The highest BCUT2D eigenvalue weighted by Gasteiger charge is 2.13. The first-order chi connectivity index (χ1) is 9.40. The predicted molar refractivity (Wildman–Crippen MR) is 72.3 cm³/mol. The van der Waals surface area contributed by atoms with Gasteiger partial charge in [-0.25, -0.2) is 0 Å². The molecule has 2 rings (SSSR count). The topological polar surface area (TPSA) is 92.4 Å². The third kappa shape index (κ3) is 2.54. The maximum absolute atomic E-state index is 11.9. The fourth-order valence-electron chi connectivity index (χ4n) is 1.89. The monoisotopic (exact) mass is 274 g/mol. The molecule has 0 aliphatic rings. The SMILES string of the molecule is Cc1cccc(-n2nc(CC(=O)O)c(O)cc2=O)c1C. The summed E-state index contributed by atoms with van der Waals surface area (Å²) in [5.41, 5.74) is 1.88. The molecule has 104 valence electrons. The van der Waals surface area contributed by atoms with E-state index in [2.05, 4.69) is 5.10 Å². The zero-order valence-corrected chi connectivity index (χ0v) is 11.1. The number of aromatic hydroxyl groups is 1. The van der Waals surface area contributed by atoms with Crippen molar-refractivity contribution in [2.24, 2.45) is 0 Å². The van der Waals surface area contributed by atoms with Gasteiger partial charge < -0.3 is 10.2 Å². The summed E-state index contributed by atoms with van der Waals surface area (Å²) in [6.07, 6.45) is -0.447. The van der Waals surface area contributed by atoms with E-state index >= 15 is 0 Å². The molecule has 6 heteroatoms. The van der Waals surface area contributed by atoms with Crippen LogP contribution in [0.25, 0.3) is 5.69 Å². The Morgan fingerprint density at radius 3 is 2.70 bits per heavy atom. The molecule has 1 aromatic carbocycles. The number of hydrogen-bond donors (Lipinski definition) is 2. The van der Waals surface area contributed by atoms with Gasteiger partial charge in [-0.15, -0.1) is 0 Å². The van der Waals surface area contributed by atoms with Crippen LogP contribution in [0.4, 0.5) is 0 Å². The molecule has 0 aliphatic carbocycles. The van der Waals surface area contributed by atoms with Crippen molar-refractivity contribution in [3.8, 4) is 11.4 Å². The molecule has 6 nitrogen and oxygen atoms in total. The molecule has 0 aliphatic heterocycles. The van der Waals surface area contributed by atoms with Crippen LogP contribution in [-0.4, -0.2) is 26.0 Å². The van der Waals surface area contributed by atoms with Crippen molar-refractivity contribution in [1.82, 2.24) is 9.78 Å². The molecule has 0 atom stereocenters. The number of aliphatic carboxylic acids is 1. The van der Waals surface area contributed by atoms with Crippen LogP contribution in [0.2, 0.25) is 0 Å². The van der Waals surface area contributed by atoms with Gasteiger partial charge in [0, 0.05) is 6.07 Å². The number of benzene rings is 1. The fourth-order valence-corrected chi connectivity index (χ4v) is 1.89. The second kappa shape index (κ2) is 5.16. The van der Waals surface area contributed by atoms with E-state index in [4.69, 9.17) is 5.11 Å². The molecule has 1 heterocycles. The Kier molecular flexibility index (Phi) is 3.56. The Bertz CT molecular complexity index is 734. The first-order valence-corrected chi connectivity index (χ1v) is 6.00. The molecule has 0 unspecified atom stereocenters. The van der Waals surface area contributed by atoms with Crippen molar-refractivity contribution >= 4 is 5.97 Å². The summed E-state index contributed by atoms with van der Waals surface area (Å²) < 4.78 is 1.11. The first kappa shape index (κ1) is 13.8. The van der Waals surface area contributed by atoms with Crippen molar-refractivity contribution in [1.29, 1.82) is 0 Å². The summed E-state index contributed by atoms with van der Waals surface area (Å²) >= 11 is 0. The molecule has 2 N–H and O–H groups in total. The minimum absolute atomic E-state index is 0.0435. The van der Waals surface area contributed by atoms with Crippen molar-refractivity contribution in [3.05, 3.63) is 51.4 Å². The van der Waals surface area contributed by atoms with E-state index in [1.807, 2.05) is 19.9 Å². The van der Waals surface area contributed by atoms with Crippen LogP contribution in [0, 0.1) is 13.8 Å². The zero-order chi connectivity index (χ0) is 14.9. The summed E-state index contributed by atoms with van der Waals surface area (Å²) in [5, 5.41) is 22.3. The maximum atomic E-state index is 11.9. The lowest BCUT2D eigenvalue weighted by Gasteiger charge is -2.11. The van der Waals surface area contributed by atoms with Gasteiger partial charge in [-0.2, -0.15) is 9.78 Å². The van der Waals surface area contributed by atoms with E-state index in [9.17, 15) is 14.7 Å². The molecular weight excluding hydrogens is 260 g/mol. The van der Waals surface area contributed by atoms with Crippen molar-refractivity contribution in [2.75, 3.05) is 0 Å². The van der Waals surface area contributed by atoms with Crippen LogP contribution in [0.3, 0.4) is 0 Å². The van der Waals surface area contributed by atoms with E-state index in [0.29, 0.717) is 5.69 Å². The maximum Gasteiger partial charge on any atom is 0.309 e. The van der Waals surface area contributed by atoms with Crippen molar-refractivity contribution in [3.63, 3.8) is 0 Å². The van der Waals surface area contributed by atoms with Gasteiger partial charge in [0.25, 0.3) is 5.56 Å². The smallest absolute Gasteiger partial charge is 0.309 e. The molecule has 0 spiro atoms. The fraction of sp³-hybridized carbons (Fsp3) is 0.214. The predicted octanol–water partition coefficient (Wildman–Crippen LogP) is 1.18. The van der Waals surface area contributed by atoms with Gasteiger partial charge >= 0.3 is 5.97 Å². The van der Waals surface area contributed by atoms with Crippen molar-refractivity contribution < 1.29 is 15.0 Å². The Morgan fingerprint density at radius 2 is 2.05 bits per heavy atom. The van der Waals surface area contributed by atoms with E-state index in [0.717, 1.165) is 21.9 Å². The van der Waals surface area contributed by atoms with Gasteiger partial charge in [-0.05, 0) is 31.0 Å². The van der Waals surface area contributed by atoms with Gasteiger partial charge in [0.05, 0.1) is 12.1 Å². The molecule has 0 saturated carbocycles. The Morgan fingerprint density at radius 1 is 1.35 bits per heavy atom. The molecule has 0 radical (unpaired) electrons. The van der Waals surface area contributed by atoms with Crippen LogP contribution in [0.15, 0.2) is 29.1 Å². The quantitative estimate of drug-likeness (QED) is 0.876. The molecule has 0 saturated heterocycles. The van der Waals surface area contributed by atoms with E-state index in [1.165, 1.54) is 0 Å². The standard InChI is InChI=1S/C14H14N2O4/c1-8-4-3-5-11(9(8)2)16-13(18)7-12(17)10(15-16)6-14(19)20/h3-5,7,17H,6H2,1-2H3,(H,19,20). The molecule has 0 bridgehead atoms. The Hall–Kier alpha value is -2.63. The highest BCUT2D eigenvalue weighted by molar-refractivity contribution is 5.70. The average Bonchev–Trinajstić information content (AvgIpc) is 2.36. The van der Waals surface area contributed by atoms with Crippen LogP contribution in [-0.2, 0) is 11.2 Å². The molecule has 2 aromatic rings. The minimum Gasteiger partial charge on any atom is -0.506 e. The zero-order valence-electron chi connectivity index (χ0n) is 11.1. The molecule has 0 amide bonds. The summed E-state index contributed by atoms with van der Waals surface area (Å²) in [7, 11) is 0. The lowest BCUT2D eigenvalue weighted by molar-refractivity contribution is -0.136. The molecule has 0 fully saturated rings. The van der Waals surface area contributed by atoms with Gasteiger partial charge in [0.2, 0.25) is 0 Å². The van der Waals surface area contributed by atoms with Gasteiger partial charge in [-0.3, -0.25) is 9.59 Å². The normalized spacial score (nSPS) is 10.5. The lowest BCUT2D eigenvalue weighted by Crippen LogP contribution is -2.23. The second-order valence-electron chi connectivity index (χ2n) is 4.52. The van der Waals surface area contributed by atoms with Crippen LogP contribution < -0.4 is 5.56 Å².